The fraction of sp³-hybridized carbons (Fsp3) is 0.208. The first kappa shape index (κ1) is 51.9. The molecule has 0 saturated carbocycles. The lowest BCUT2D eigenvalue weighted by molar-refractivity contribution is -0.138. The molecule has 0 aliphatic heterocycles. The number of halogens is 6. The lowest BCUT2D eigenvalue weighted by Gasteiger charge is -2.18. The highest BCUT2D eigenvalue weighted by Crippen LogP contribution is 2.33. The van der Waals surface area contributed by atoms with Gasteiger partial charge in [-0.1, -0.05) is 12.1 Å². The molecule has 70 heavy (non-hydrogen) atoms. The van der Waals surface area contributed by atoms with Crippen LogP contribution in [-0.4, -0.2) is 68.9 Å². The molecule has 0 fully saturated rings. The van der Waals surface area contributed by atoms with Crippen LogP contribution in [0.4, 0.5) is 26.3 Å². The standard InChI is InChI=1S/C48H38F6N6O8S2/c1-29-41(69(65)37-13-9-31(27-55)10-14-37)25-39(45(63)59(29)35-7-3-5-33(23-35)47(49,50)51)43(61)57-17-19-67-21-22-68-20-18-58-44(62)40-26-42(70(66)38-15-11-32(28-56)12-16-38)30(2)60(46(40)64)36-8-4-6-34(24-36)48(52,53)54/h3-16,23-26H,17-22H2,1-2H3,(H,57,61)(H,58,62). The van der Waals surface area contributed by atoms with Gasteiger partial charge in [0.25, 0.3) is 22.9 Å². The van der Waals surface area contributed by atoms with Crippen LogP contribution in [0.25, 0.3) is 11.4 Å². The highest BCUT2D eigenvalue weighted by molar-refractivity contribution is 7.85. The van der Waals surface area contributed by atoms with Crippen LogP contribution < -0.4 is 21.8 Å². The topological polar surface area (TPSA) is 202 Å². The van der Waals surface area contributed by atoms with Crippen LogP contribution in [0.2, 0.25) is 0 Å². The fourth-order valence-corrected chi connectivity index (χ4v) is 9.31. The number of aromatic nitrogens is 2. The Bertz CT molecular complexity index is 3000. The number of nitriles is 2. The summed E-state index contributed by atoms with van der Waals surface area (Å²) in [5.41, 5.74) is -5.07. The molecule has 362 valence electrons. The number of nitrogens with one attached hydrogen (secondary N) is 2. The smallest absolute Gasteiger partial charge is 0.377 e. The molecular formula is C48H38F6N6O8S2. The van der Waals surface area contributed by atoms with Gasteiger partial charge in [0.15, 0.2) is 0 Å². The molecule has 2 unspecified atom stereocenters. The number of pyridine rings is 2. The highest BCUT2D eigenvalue weighted by Gasteiger charge is 2.33. The van der Waals surface area contributed by atoms with Crippen molar-refractivity contribution in [3.8, 4) is 23.5 Å². The normalized spacial score (nSPS) is 12.4. The number of carbonyl (C=O) groups is 2. The summed E-state index contributed by atoms with van der Waals surface area (Å²) in [7, 11) is -4.12. The van der Waals surface area contributed by atoms with Crippen molar-refractivity contribution >= 4 is 33.4 Å². The van der Waals surface area contributed by atoms with Crippen molar-refractivity contribution in [3.05, 3.63) is 175 Å². The first-order valence-corrected chi connectivity index (χ1v) is 23.0. The van der Waals surface area contributed by atoms with Gasteiger partial charge in [0, 0.05) is 45.6 Å². The van der Waals surface area contributed by atoms with Crippen molar-refractivity contribution in [2.45, 2.75) is 45.8 Å². The average molecular weight is 1000 g/mol. The molecule has 2 amide bonds. The van der Waals surface area contributed by atoms with Crippen LogP contribution in [0.15, 0.2) is 138 Å². The molecule has 0 aliphatic carbocycles. The summed E-state index contributed by atoms with van der Waals surface area (Å²) in [6.07, 6.45) is -9.53. The second-order valence-corrected chi connectivity index (χ2v) is 17.8. The number of benzene rings is 4. The van der Waals surface area contributed by atoms with E-state index in [2.05, 4.69) is 10.6 Å². The van der Waals surface area contributed by atoms with E-state index in [0.29, 0.717) is 0 Å². The Morgan fingerprint density at radius 1 is 0.571 bits per heavy atom. The van der Waals surface area contributed by atoms with E-state index >= 15 is 0 Å². The van der Waals surface area contributed by atoms with Crippen LogP contribution >= 0.6 is 0 Å². The molecule has 0 bridgehead atoms. The third-order valence-corrected chi connectivity index (χ3v) is 13.4. The maximum absolute atomic E-state index is 13.8. The summed E-state index contributed by atoms with van der Waals surface area (Å²) in [5, 5.41) is 23.3. The van der Waals surface area contributed by atoms with E-state index < -0.39 is 79.1 Å². The van der Waals surface area contributed by atoms with Crippen molar-refractivity contribution < 1.29 is 53.8 Å². The van der Waals surface area contributed by atoms with Crippen molar-refractivity contribution in [1.29, 1.82) is 10.5 Å². The number of amides is 2. The van der Waals surface area contributed by atoms with Gasteiger partial charge in [-0.25, -0.2) is 8.42 Å². The van der Waals surface area contributed by atoms with E-state index in [1.54, 1.807) is 0 Å². The third kappa shape index (κ3) is 12.0. The zero-order chi connectivity index (χ0) is 50.9. The van der Waals surface area contributed by atoms with E-state index in [-0.39, 0.29) is 93.0 Å². The largest absolute Gasteiger partial charge is 0.416 e. The molecular weight excluding hydrogens is 967 g/mol. The highest BCUT2D eigenvalue weighted by atomic mass is 32.2. The molecule has 2 heterocycles. The van der Waals surface area contributed by atoms with Gasteiger partial charge < -0.3 is 20.1 Å². The molecule has 2 N–H and O–H groups in total. The van der Waals surface area contributed by atoms with E-state index in [9.17, 15) is 64.5 Å². The molecule has 4 aromatic carbocycles. The minimum atomic E-state index is -4.76. The Hall–Kier alpha value is -7.50. The van der Waals surface area contributed by atoms with Gasteiger partial charge in [0.1, 0.15) is 11.1 Å². The Balaban J connectivity index is 1.07. The van der Waals surface area contributed by atoms with Crippen LogP contribution in [0, 0.1) is 36.5 Å². The number of ether oxygens (including phenoxy) is 2. The minimum absolute atomic E-state index is 0.00173. The summed E-state index contributed by atoms with van der Waals surface area (Å²) < 4.78 is 122. The van der Waals surface area contributed by atoms with Gasteiger partial charge in [-0.2, -0.15) is 36.9 Å². The molecule has 22 heteroatoms. The van der Waals surface area contributed by atoms with E-state index in [0.717, 1.165) is 57.7 Å². The van der Waals surface area contributed by atoms with Gasteiger partial charge in [0.2, 0.25) is 0 Å². The number of rotatable bonds is 17. The molecule has 6 aromatic rings. The van der Waals surface area contributed by atoms with Gasteiger partial charge in [-0.15, -0.1) is 0 Å². The predicted octanol–water partition coefficient (Wildman–Crippen LogP) is 6.91. The summed E-state index contributed by atoms with van der Waals surface area (Å²) in [6.45, 7) is 2.14. The quantitative estimate of drug-likeness (QED) is 0.0714. The maximum atomic E-state index is 13.8. The maximum Gasteiger partial charge on any atom is 0.416 e. The number of hydrogen-bond donors (Lipinski definition) is 2. The molecule has 14 nitrogen and oxygen atoms in total. The lowest BCUT2D eigenvalue weighted by atomic mass is 10.1. The first-order valence-electron chi connectivity index (χ1n) is 20.7. The molecule has 0 spiro atoms. The number of alkyl halides is 6. The number of nitrogens with zero attached hydrogens (tertiary/aromatic N) is 4. The number of hydrogen-bond acceptors (Lipinski definition) is 10. The summed E-state index contributed by atoms with van der Waals surface area (Å²) in [4.78, 5) is 54.7. The average Bonchev–Trinajstić information content (AvgIpc) is 3.34. The molecule has 0 saturated heterocycles. The summed E-state index contributed by atoms with van der Waals surface area (Å²) >= 11 is 0. The molecule has 0 aliphatic rings. The first-order chi connectivity index (χ1) is 33.2. The number of carbonyl (C=O) groups excluding carboxylic acids is 2. The van der Waals surface area contributed by atoms with Crippen LogP contribution in [0.5, 0.6) is 0 Å². The monoisotopic (exact) mass is 1000 g/mol. The van der Waals surface area contributed by atoms with Gasteiger partial charge in [-0.05, 0) is 111 Å². The van der Waals surface area contributed by atoms with Gasteiger partial charge in [0.05, 0.1) is 92.2 Å². The summed E-state index contributed by atoms with van der Waals surface area (Å²) in [6, 6.07) is 25.1. The zero-order valence-corrected chi connectivity index (χ0v) is 38.4. The second-order valence-electron chi connectivity index (χ2n) is 14.9. The molecule has 6 rings (SSSR count). The minimum Gasteiger partial charge on any atom is -0.377 e. The second kappa shape index (κ2) is 22.3. The molecule has 2 aromatic heterocycles. The van der Waals surface area contributed by atoms with Crippen LogP contribution in [-0.2, 0) is 43.4 Å². The third-order valence-electron chi connectivity index (χ3n) is 10.4. The van der Waals surface area contributed by atoms with Crippen LogP contribution in [0.3, 0.4) is 0 Å². The molecule has 0 radical (unpaired) electrons. The molecule has 2 atom stereocenters. The Labute approximate surface area is 399 Å². The van der Waals surface area contributed by atoms with Gasteiger partial charge in [-0.3, -0.25) is 28.3 Å². The lowest BCUT2D eigenvalue weighted by Crippen LogP contribution is -2.36. The van der Waals surface area contributed by atoms with Crippen LogP contribution in [0.1, 0.15) is 54.4 Å². The van der Waals surface area contributed by atoms with Crippen molar-refractivity contribution in [1.82, 2.24) is 19.8 Å². The Morgan fingerprint density at radius 2 is 0.929 bits per heavy atom. The van der Waals surface area contributed by atoms with E-state index in [1.807, 2.05) is 12.1 Å². The van der Waals surface area contributed by atoms with Crippen molar-refractivity contribution in [3.63, 3.8) is 0 Å². The predicted molar refractivity (Wildman–Crippen MR) is 242 cm³/mol. The van der Waals surface area contributed by atoms with E-state index in [1.165, 1.54) is 74.5 Å². The van der Waals surface area contributed by atoms with Crippen molar-refractivity contribution in [2.75, 3.05) is 39.5 Å². The Morgan fingerprint density at radius 3 is 1.26 bits per heavy atom. The fourth-order valence-electron chi connectivity index (χ4n) is 6.87. The van der Waals surface area contributed by atoms with Crippen molar-refractivity contribution in [2.24, 2.45) is 0 Å². The summed E-state index contributed by atoms with van der Waals surface area (Å²) in [5.74, 6) is -1.88. The van der Waals surface area contributed by atoms with Gasteiger partial charge >= 0.3 is 12.4 Å². The zero-order valence-electron chi connectivity index (χ0n) is 36.8. The Kier molecular flexibility index (Phi) is 16.5. The van der Waals surface area contributed by atoms with E-state index in [4.69, 9.17) is 9.47 Å². The SMILES string of the molecule is Cc1c(S(=O)c2ccc(C#N)cc2)cc(C(=O)NCCOCCOCCNC(=O)c2cc(S(=O)c3ccc(C#N)cc3)c(C)n(-c3cccc(C(F)(F)F)c3)c2=O)c(=O)n1-c1cccc(C(F)(F)F)c1.